The van der Waals surface area contributed by atoms with E-state index in [1.165, 1.54) is 13.8 Å². The highest BCUT2D eigenvalue weighted by Crippen LogP contribution is 2.46. The second-order valence-corrected chi connectivity index (χ2v) is 10.1. The van der Waals surface area contributed by atoms with E-state index in [0.717, 1.165) is 25.7 Å². The third-order valence-corrected chi connectivity index (χ3v) is 7.00. The quantitative estimate of drug-likeness (QED) is 0.126. The van der Waals surface area contributed by atoms with Crippen molar-refractivity contribution in [2.24, 2.45) is 0 Å². The molecule has 0 bridgehead atoms. The molecule has 0 N–H and O–H groups in total. The number of nitriles is 1. The molecule has 8 nitrogen and oxygen atoms in total. The van der Waals surface area contributed by atoms with Crippen LogP contribution in [-0.2, 0) is 28.1 Å². The number of hydrogen-bond donors (Lipinski definition) is 0. The van der Waals surface area contributed by atoms with Crippen LogP contribution in [0.4, 0.5) is 0 Å². The summed E-state index contributed by atoms with van der Waals surface area (Å²) in [4.78, 5) is 23.4. The summed E-state index contributed by atoms with van der Waals surface area (Å²) in [5.41, 5.74) is 0. The summed E-state index contributed by atoms with van der Waals surface area (Å²) in [5.74, 6) is -0.762. The maximum absolute atomic E-state index is 11.7. The maximum Gasteiger partial charge on any atom is 0.303 e. The molecule has 3 unspecified atom stereocenters. The van der Waals surface area contributed by atoms with Crippen molar-refractivity contribution in [2.45, 2.75) is 124 Å². The SMILES string of the molecule is CCCCCCC(OC(C)=O)C(CCCOP(OCCC#N)N(C(C)C)C(C)C)OC(C)=O. The molecular formula is C24H45N2O6P. The average molecular weight is 489 g/mol. The van der Waals surface area contributed by atoms with E-state index in [1.807, 2.05) is 0 Å². The Bertz CT molecular complexity index is 574. The number of nitrogens with zero attached hydrogens (tertiary/aromatic N) is 2. The summed E-state index contributed by atoms with van der Waals surface area (Å²) >= 11 is 0. The summed E-state index contributed by atoms with van der Waals surface area (Å²) in [7, 11) is -1.32. The molecule has 0 saturated heterocycles. The largest absolute Gasteiger partial charge is 0.459 e. The van der Waals surface area contributed by atoms with Gasteiger partial charge < -0.3 is 18.5 Å². The highest BCUT2D eigenvalue weighted by Gasteiger charge is 2.29. The van der Waals surface area contributed by atoms with Gasteiger partial charge in [0.2, 0.25) is 0 Å². The molecule has 9 heteroatoms. The summed E-state index contributed by atoms with van der Waals surface area (Å²) in [6.45, 7) is 14.0. The van der Waals surface area contributed by atoms with E-state index < -0.39 is 20.7 Å². The predicted octanol–water partition coefficient (Wildman–Crippen LogP) is 5.89. The molecule has 0 aliphatic rings. The van der Waals surface area contributed by atoms with E-state index in [9.17, 15) is 9.59 Å². The summed E-state index contributed by atoms with van der Waals surface area (Å²) in [6, 6.07) is 2.55. The smallest absolute Gasteiger partial charge is 0.303 e. The molecule has 0 amide bonds. The molecule has 0 aliphatic carbocycles. The van der Waals surface area contributed by atoms with Crippen LogP contribution in [0.1, 0.15) is 99.8 Å². The zero-order valence-electron chi connectivity index (χ0n) is 21.7. The highest BCUT2D eigenvalue weighted by molar-refractivity contribution is 7.44. The van der Waals surface area contributed by atoms with Gasteiger partial charge in [0.05, 0.1) is 25.7 Å². The van der Waals surface area contributed by atoms with Crippen LogP contribution in [0.15, 0.2) is 0 Å². The van der Waals surface area contributed by atoms with Gasteiger partial charge in [-0.3, -0.25) is 9.59 Å². The lowest BCUT2D eigenvalue weighted by Crippen LogP contribution is -2.35. The molecule has 0 radical (unpaired) electrons. The molecule has 0 aromatic heterocycles. The molecule has 33 heavy (non-hydrogen) atoms. The normalized spacial score (nSPS) is 14.2. The summed E-state index contributed by atoms with van der Waals surface area (Å²) in [6.07, 6.45) is 5.35. The zero-order chi connectivity index (χ0) is 25.2. The first kappa shape index (κ1) is 31.7. The maximum atomic E-state index is 11.7. The Morgan fingerprint density at radius 3 is 1.82 bits per heavy atom. The minimum atomic E-state index is -1.32. The summed E-state index contributed by atoms with van der Waals surface area (Å²) < 4.78 is 25.3. The number of carbonyl (C=O) groups is 2. The molecular weight excluding hydrogens is 443 g/mol. The van der Waals surface area contributed by atoms with Crippen molar-refractivity contribution < 1.29 is 28.1 Å². The van der Waals surface area contributed by atoms with Crippen molar-refractivity contribution in [3.63, 3.8) is 0 Å². The van der Waals surface area contributed by atoms with E-state index in [0.29, 0.717) is 38.9 Å². The van der Waals surface area contributed by atoms with Crippen molar-refractivity contribution in [3.8, 4) is 6.07 Å². The number of carbonyl (C=O) groups excluding carboxylic acids is 2. The van der Waals surface area contributed by atoms with Gasteiger partial charge in [0.1, 0.15) is 12.2 Å². The molecule has 0 saturated carbocycles. The Hall–Kier alpha value is -1.26. The van der Waals surface area contributed by atoms with Crippen LogP contribution in [0.3, 0.4) is 0 Å². The topological polar surface area (TPSA) is 98.1 Å². The van der Waals surface area contributed by atoms with Crippen molar-refractivity contribution in [1.82, 2.24) is 4.67 Å². The number of ether oxygens (including phenoxy) is 2. The lowest BCUT2D eigenvalue weighted by molar-refractivity contribution is -0.166. The van der Waals surface area contributed by atoms with E-state index in [4.69, 9.17) is 23.8 Å². The molecule has 3 atom stereocenters. The number of rotatable bonds is 19. The van der Waals surface area contributed by atoms with Crippen LogP contribution in [0.25, 0.3) is 0 Å². The molecule has 0 aromatic carbocycles. The van der Waals surface area contributed by atoms with Gasteiger partial charge >= 0.3 is 11.9 Å². The molecule has 0 aliphatic heterocycles. The molecule has 0 rings (SSSR count). The second-order valence-electron chi connectivity index (χ2n) is 8.67. The molecule has 0 fully saturated rings. The Kier molecular flexibility index (Phi) is 18.4. The van der Waals surface area contributed by atoms with Crippen LogP contribution in [0.2, 0.25) is 0 Å². The molecule has 0 heterocycles. The lowest BCUT2D eigenvalue weighted by atomic mass is 10.0. The van der Waals surface area contributed by atoms with Crippen LogP contribution >= 0.6 is 8.53 Å². The molecule has 192 valence electrons. The van der Waals surface area contributed by atoms with Crippen molar-refractivity contribution in [1.29, 1.82) is 5.26 Å². The van der Waals surface area contributed by atoms with E-state index in [-0.39, 0.29) is 24.0 Å². The minimum Gasteiger partial charge on any atom is -0.459 e. The van der Waals surface area contributed by atoms with Gasteiger partial charge in [-0.1, -0.05) is 26.2 Å². The van der Waals surface area contributed by atoms with Crippen LogP contribution in [-0.4, -0.2) is 54.1 Å². The van der Waals surface area contributed by atoms with Gasteiger partial charge in [-0.2, -0.15) is 5.26 Å². The van der Waals surface area contributed by atoms with Gasteiger partial charge in [-0.25, -0.2) is 4.67 Å². The highest BCUT2D eigenvalue weighted by atomic mass is 31.2. The first-order valence-electron chi connectivity index (χ1n) is 12.2. The number of hydrogen-bond acceptors (Lipinski definition) is 8. The van der Waals surface area contributed by atoms with E-state index >= 15 is 0 Å². The zero-order valence-corrected chi connectivity index (χ0v) is 22.6. The predicted molar refractivity (Wildman–Crippen MR) is 130 cm³/mol. The van der Waals surface area contributed by atoms with Crippen LogP contribution in [0.5, 0.6) is 0 Å². The van der Waals surface area contributed by atoms with Gasteiger partial charge in [0.25, 0.3) is 8.53 Å². The Morgan fingerprint density at radius 1 is 0.848 bits per heavy atom. The van der Waals surface area contributed by atoms with Crippen LogP contribution < -0.4 is 0 Å². The average Bonchev–Trinajstić information content (AvgIpc) is 2.71. The van der Waals surface area contributed by atoms with Gasteiger partial charge in [0, 0.05) is 25.9 Å². The van der Waals surface area contributed by atoms with Gasteiger partial charge in [-0.05, 0) is 53.4 Å². The fourth-order valence-electron chi connectivity index (χ4n) is 3.58. The van der Waals surface area contributed by atoms with E-state index in [1.54, 1.807) is 0 Å². The van der Waals surface area contributed by atoms with Crippen LogP contribution in [0, 0.1) is 11.3 Å². The Morgan fingerprint density at radius 2 is 1.36 bits per heavy atom. The first-order chi connectivity index (χ1) is 15.6. The van der Waals surface area contributed by atoms with Gasteiger partial charge in [-0.15, -0.1) is 0 Å². The lowest BCUT2D eigenvalue weighted by Gasteiger charge is -2.35. The third kappa shape index (κ3) is 15.3. The Labute approximate surface area is 202 Å². The molecule has 0 spiro atoms. The standard InChI is InChI=1S/C24H45N2O6P/c1-8-9-10-11-14-23(31-21(6)27)24(32-22(7)28)15-12-17-29-33(30-18-13-16-25)26(19(2)3)20(4)5/h19-20,23-24H,8-15,17-18H2,1-7H3. The van der Waals surface area contributed by atoms with Crippen molar-refractivity contribution >= 4 is 20.5 Å². The number of unbranched alkanes of at least 4 members (excludes halogenated alkanes) is 3. The monoisotopic (exact) mass is 488 g/mol. The Balaban J connectivity index is 5.06. The molecule has 0 aromatic rings. The first-order valence-corrected chi connectivity index (χ1v) is 13.3. The minimum absolute atomic E-state index is 0.225. The number of esters is 2. The van der Waals surface area contributed by atoms with Crippen molar-refractivity contribution in [2.75, 3.05) is 13.2 Å². The summed E-state index contributed by atoms with van der Waals surface area (Å²) in [5, 5.41) is 8.83. The third-order valence-electron chi connectivity index (χ3n) is 4.89. The second kappa shape index (κ2) is 19.1. The van der Waals surface area contributed by atoms with Crippen molar-refractivity contribution in [3.05, 3.63) is 0 Å². The fourth-order valence-corrected chi connectivity index (χ4v) is 5.21. The van der Waals surface area contributed by atoms with E-state index in [2.05, 4.69) is 45.4 Å². The fraction of sp³-hybridized carbons (Fsp3) is 0.875. The van der Waals surface area contributed by atoms with Gasteiger partial charge in [0.15, 0.2) is 0 Å².